The van der Waals surface area contributed by atoms with E-state index in [2.05, 4.69) is 17.4 Å². The van der Waals surface area contributed by atoms with Crippen molar-refractivity contribution in [1.29, 1.82) is 0 Å². The first-order chi connectivity index (χ1) is 9.09. The Morgan fingerprint density at radius 1 is 1.47 bits per heavy atom. The zero-order valence-electron chi connectivity index (χ0n) is 11.2. The van der Waals surface area contributed by atoms with E-state index < -0.39 is 0 Å². The van der Waals surface area contributed by atoms with Crippen molar-refractivity contribution in [3.05, 3.63) is 29.3 Å². The van der Waals surface area contributed by atoms with Crippen LogP contribution in [0.15, 0.2) is 18.2 Å². The van der Waals surface area contributed by atoms with Crippen LogP contribution in [0.25, 0.3) is 0 Å². The van der Waals surface area contributed by atoms with Crippen LogP contribution in [-0.4, -0.2) is 25.2 Å². The topological polar surface area (TPSA) is 64.4 Å². The highest BCUT2D eigenvalue weighted by Crippen LogP contribution is 2.39. The quantitative estimate of drug-likeness (QED) is 0.864. The van der Waals surface area contributed by atoms with Crippen molar-refractivity contribution in [2.24, 2.45) is 5.73 Å². The van der Waals surface area contributed by atoms with Gasteiger partial charge in [0.25, 0.3) is 0 Å². The molecular formula is C15H20N2O2. The predicted octanol–water partition coefficient (Wildman–Crippen LogP) is 1.58. The number of amides is 1. The van der Waals surface area contributed by atoms with Gasteiger partial charge in [-0.2, -0.15) is 0 Å². The summed E-state index contributed by atoms with van der Waals surface area (Å²) in [6, 6.07) is 6.52. The lowest BCUT2D eigenvalue weighted by molar-refractivity contribution is -0.115. The number of ether oxygens (including phenoxy) is 1. The molecule has 1 unspecified atom stereocenters. The van der Waals surface area contributed by atoms with Gasteiger partial charge >= 0.3 is 0 Å². The molecule has 1 atom stereocenters. The van der Waals surface area contributed by atoms with Crippen LogP contribution in [-0.2, 0) is 21.4 Å². The fourth-order valence-electron chi connectivity index (χ4n) is 2.87. The van der Waals surface area contributed by atoms with Gasteiger partial charge in [-0.05, 0) is 37.0 Å². The Balaban J connectivity index is 1.84. The molecule has 3 N–H and O–H groups in total. The van der Waals surface area contributed by atoms with Crippen molar-refractivity contribution in [1.82, 2.24) is 0 Å². The number of fused-ring (bicyclic) bond motifs is 1. The maximum absolute atomic E-state index is 11.4. The first-order valence-corrected chi connectivity index (χ1v) is 6.86. The third kappa shape index (κ3) is 2.26. The SMILES string of the molecule is CC(N)CCC1(c2ccc3c(c2)CC(=O)N3)COC1. The Morgan fingerprint density at radius 3 is 2.89 bits per heavy atom. The van der Waals surface area contributed by atoms with Gasteiger partial charge in [-0.25, -0.2) is 0 Å². The lowest BCUT2D eigenvalue weighted by atomic mass is 9.74. The molecule has 1 aromatic rings. The largest absolute Gasteiger partial charge is 0.379 e. The molecule has 2 heterocycles. The van der Waals surface area contributed by atoms with Crippen LogP contribution in [0.3, 0.4) is 0 Å². The average molecular weight is 260 g/mol. The van der Waals surface area contributed by atoms with Crippen LogP contribution in [0, 0.1) is 0 Å². The molecule has 0 aliphatic carbocycles. The molecule has 0 bridgehead atoms. The molecule has 4 nitrogen and oxygen atoms in total. The molecule has 0 radical (unpaired) electrons. The van der Waals surface area contributed by atoms with E-state index in [-0.39, 0.29) is 17.4 Å². The molecule has 4 heteroatoms. The lowest BCUT2D eigenvalue weighted by Crippen LogP contribution is -2.47. The second-order valence-corrected chi connectivity index (χ2v) is 5.89. The smallest absolute Gasteiger partial charge is 0.228 e. The van der Waals surface area contributed by atoms with E-state index in [1.807, 2.05) is 13.0 Å². The first-order valence-electron chi connectivity index (χ1n) is 6.86. The lowest BCUT2D eigenvalue weighted by Gasteiger charge is -2.42. The van der Waals surface area contributed by atoms with Crippen LogP contribution in [0.2, 0.25) is 0 Å². The van der Waals surface area contributed by atoms with E-state index in [0.29, 0.717) is 6.42 Å². The predicted molar refractivity (Wildman–Crippen MR) is 74.2 cm³/mol. The van der Waals surface area contributed by atoms with Gasteiger partial charge in [-0.15, -0.1) is 0 Å². The third-order valence-electron chi connectivity index (χ3n) is 4.18. The zero-order chi connectivity index (χ0) is 13.5. The van der Waals surface area contributed by atoms with E-state index in [0.717, 1.165) is 37.3 Å². The highest BCUT2D eigenvalue weighted by atomic mass is 16.5. The summed E-state index contributed by atoms with van der Waals surface area (Å²) < 4.78 is 5.44. The highest BCUT2D eigenvalue weighted by molar-refractivity contribution is 5.99. The van der Waals surface area contributed by atoms with Gasteiger partial charge in [0.15, 0.2) is 0 Å². The number of hydrogen-bond donors (Lipinski definition) is 2. The number of carbonyl (C=O) groups excluding carboxylic acids is 1. The number of benzene rings is 1. The van der Waals surface area contributed by atoms with E-state index in [1.165, 1.54) is 5.56 Å². The molecule has 0 saturated carbocycles. The maximum Gasteiger partial charge on any atom is 0.228 e. The Hall–Kier alpha value is -1.39. The molecule has 19 heavy (non-hydrogen) atoms. The molecule has 1 amide bonds. The van der Waals surface area contributed by atoms with Gasteiger partial charge in [-0.3, -0.25) is 4.79 Å². The van der Waals surface area contributed by atoms with Crippen LogP contribution < -0.4 is 11.1 Å². The Bertz CT molecular complexity index is 507. The highest BCUT2D eigenvalue weighted by Gasteiger charge is 2.40. The monoisotopic (exact) mass is 260 g/mol. The number of rotatable bonds is 4. The average Bonchev–Trinajstić information content (AvgIpc) is 2.66. The fourth-order valence-corrected chi connectivity index (χ4v) is 2.87. The summed E-state index contributed by atoms with van der Waals surface area (Å²) in [6.45, 7) is 3.57. The van der Waals surface area contributed by atoms with Gasteiger partial charge in [0.1, 0.15) is 0 Å². The van der Waals surface area contributed by atoms with Crippen molar-refractivity contribution in [2.75, 3.05) is 18.5 Å². The molecule has 0 spiro atoms. The van der Waals surface area contributed by atoms with Crippen LogP contribution in [0.4, 0.5) is 5.69 Å². The van der Waals surface area contributed by atoms with Crippen LogP contribution >= 0.6 is 0 Å². The molecule has 3 rings (SSSR count). The molecule has 2 aliphatic rings. The Kier molecular flexibility index (Phi) is 3.07. The fraction of sp³-hybridized carbons (Fsp3) is 0.533. The molecule has 1 fully saturated rings. The van der Waals surface area contributed by atoms with Crippen molar-refractivity contribution >= 4 is 11.6 Å². The summed E-state index contributed by atoms with van der Waals surface area (Å²) in [5, 5.41) is 2.87. The zero-order valence-corrected chi connectivity index (χ0v) is 11.2. The van der Waals surface area contributed by atoms with E-state index in [4.69, 9.17) is 10.5 Å². The molecular weight excluding hydrogens is 240 g/mol. The van der Waals surface area contributed by atoms with Gasteiger partial charge in [0.05, 0.1) is 19.6 Å². The van der Waals surface area contributed by atoms with E-state index in [9.17, 15) is 4.79 Å². The van der Waals surface area contributed by atoms with Crippen LogP contribution in [0.1, 0.15) is 30.9 Å². The standard InChI is InChI=1S/C15H20N2O2/c1-10(16)4-5-15(8-19-9-15)12-2-3-13-11(6-12)7-14(18)17-13/h2-3,6,10H,4-5,7-9,16H2,1H3,(H,17,18). The van der Waals surface area contributed by atoms with Gasteiger partial charge in [-0.1, -0.05) is 12.1 Å². The van der Waals surface area contributed by atoms with E-state index in [1.54, 1.807) is 0 Å². The number of anilines is 1. The summed E-state index contributed by atoms with van der Waals surface area (Å²) in [6.07, 6.45) is 2.54. The molecule has 102 valence electrons. The summed E-state index contributed by atoms with van der Waals surface area (Å²) >= 11 is 0. The van der Waals surface area contributed by atoms with Crippen molar-refractivity contribution in [3.8, 4) is 0 Å². The second-order valence-electron chi connectivity index (χ2n) is 5.89. The molecule has 1 saturated heterocycles. The van der Waals surface area contributed by atoms with Gasteiger partial charge in [0, 0.05) is 17.1 Å². The first kappa shape index (κ1) is 12.6. The molecule has 0 aromatic heterocycles. The molecule has 2 aliphatic heterocycles. The van der Waals surface area contributed by atoms with Crippen molar-refractivity contribution < 1.29 is 9.53 Å². The number of carbonyl (C=O) groups is 1. The number of nitrogens with one attached hydrogen (secondary N) is 1. The maximum atomic E-state index is 11.4. The Morgan fingerprint density at radius 2 is 2.26 bits per heavy atom. The minimum absolute atomic E-state index is 0.0849. The van der Waals surface area contributed by atoms with E-state index >= 15 is 0 Å². The summed E-state index contributed by atoms with van der Waals surface area (Å²) in [5.74, 6) is 0.0849. The summed E-state index contributed by atoms with van der Waals surface area (Å²) in [7, 11) is 0. The normalized spacial score (nSPS) is 21.5. The molecule has 1 aromatic carbocycles. The number of hydrogen-bond acceptors (Lipinski definition) is 3. The van der Waals surface area contributed by atoms with Gasteiger partial charge in [0.2, 0.25) is 5.91 Å². The third-order valence-corrected chi connectivity index (χ3v) is 4.18. The van der Waals surface area contributed by atoms with Crippen molar-refractivity contribution in [2.45, 2.75) is 37.6 Å². The summed E-state index contributed by atoms with van der Waals surface area (Å²) in [4.78, 5) is 11.4. The van der Waals surface area contributed by atoms with Crippen molar-refractivity contribution in [3.63, 3.8) is 0 Å². The minimum Gasteiger partial charge on any atom is -0.379 e. The Labute approximate surface area is 113 Å². The minimum atomic E-state index is 0.0849. The van der Waals surface area contributed by atoms with Gasteiger partial charge < -0.3 is 15.8 Å². The second kappa shape index (κ2) is 4.62. The van der Waals surface area contributed by atoms with Crippen LogP contribution in [0.5, 0.6) is 0 Å². The summed E-state index contributed by atoms with van der Waals surface area (Å²) in [5.41, 5.74) is 9.32. The number of nitrogens with two attached hydrogens (primary N) is 1.